The Bertz CT molecular complexity index is 466. The van der Waals surface area contributed by atoms with E-state index >= 15 is 0 Å². The summed E-state index contributed by atoms with van der Waals surface area (Å²) in [4.78, 5) is 11.7. The number of hydrogen-bond donors (Lipinski definition) is 1. The Balaban J connectivity index is 2.07. The first-order valence-electron chi connectivity index (χ1n) is 5.48. The molecule has 2 rings (SSSR count). The number of anilines is 1. The molecule has 0 fully saturated rings. The highest BCUT2D eigenvalue weighted by Gasteiger charge is 2.09. The zero-order chi connectivity index (χ0) is 12.3. The van der Waals surface area contributed by atoms with Crippen LogP contribution in [-0.2, 0) is 6.54 Å². The van der Waals surface area contributed by atoms with Crippen molar-refractivity contribution in [3.8, 4) is 0 Å². The number of hydrogen-bond acceptors (Lipinski definition) is 5. The van der Waals surface area contributed by atoms with Crippen molar-refractivity contribution in [1.29, 1.82) is 0 Å². The van der Waals surface area contributed by atoms with Gasteiger partial charge in [0.15, 0.2) is 5.13 Å². The first-order chi connectivity index (χ1) is 8.16. The van der Waals surface area contributed by atoms with E-state index in [0.29, 0.717) is 0 Å². The van der Waals surface area contributed by atoms with Gasteiger partial charge in [-0.05, 0) is 18.6 Å². The summed E-state index contributed by atoms with van der Waals surface area (Å²) in [5.41, 5.74) is 7.00. The number of thiazole rings is 1. The summed E-state index contributed by atoms with van der Waals surface area (Å²) in [5.74, 6) is 0. The quantitative estimate of drug-likeness (QED) is 0.901. The fourth-order valence-corrected chi connectivity index (χ4v) is 2.33. The van der Waals surface area contributed by atoms with Gasteiger partial charge in [0.1, 0.15) is 0 Å². The average Bonchev–Trinajstić information content (AvgIpc) is 2.79. The molecule has 0 bridgehead atoms. The molecular weight excluding hydrogens is 232 g/mol. The maximum absolute atomic E-state index is 5.82. The van der Waals surface area contributed by atoms with Crippen molar-refractivity contribution in [2.24, 2.45) is 5.73 Å². The summed E-state index contributed by atoms with van der Waals surface area (Å²) >= 11 is 1.64. The Morgan fingerprint density at radius 3 is 2.88 bits per heavy atom. The maximum Gasteiger partial charge on any atom is 0.185 e. The van der Waals surface area contributed by atoms with Crippen LogP contribution in [0.15, 0.2) is 30.7 Å². The normalized spacial score (nSPS) is 12.4. The number of pyridine rings is 1. The van der Waals surface area contributed by atoms with Crippen LogP contribution in [0.1, 0.15) is 23.4 Å². The van der Waals surface area contributed by atoms with Crippen molar-refractivity contribution < 1.29 is 0 Å². The van der Waals surface area contributed by atoms with E-state index < -0.39 is 0 Å². The molecule has 1 unspecified atom stereocenters. The molecule has 0 spiro atoms. The third-order valence-electron chi connectivity index (χ3n) is 2.43. The number of nitrogens with zero attached hydrogens (tertiary/aromatic N) is 3. The molecule has 0 aliphatic rings. The first kappa shape index (κ1) is 12.0. The van der Waals surface area contributed by atoms with Crippen LogP contribution in [0.25, 0.3) is 0 Å². The molecule has 2 aromatic heterocycles. The Morgan fingerprint density at radius 2 is 2.29 bits per heavy atom. The lowest BCUT2D eigenvalue weighted by molar-refractivity contribution is 0.834. The topological polar surface area (TPSA) is 55.0 Å². The lowest BCUT2D eigenvalue weighted by Crippen LogP contribution is -2.15. The molecule has 0 amide bonds. The smallest absolute Gasteiger partial charge is 0.185 e. The van der Waals surface area contributed by atoms with Crippen LogP contribution in [0, 0.1) is 0 Å². The highest BCUT2D eigenvalue weighted by molar-refractivity contribution is 7.15. The van der Waals surface area contributed by atoms with Crippen molar-refractivity contribution in [2.75, 3.05) is 11.9 Å². The fourth-order valence-electron chi connectivity index (χ4n) is 1.50. The number of aromatic nitrogens is 2. The van der Waals surface area contributed by atoms with Gasteiger partial charge >= 0.3 is 0 Å². The number of rotatable bonds is 4. The molecule has 2 heterocycles. The lowest BCUT2D eigenvalue weighted by Gasteiger charge is -2.15. The van der Waals surface area contributed by atoms with E-state index in [-0.39, 0.29) is 6.04 Å². The van der Waals surface area contributed by atoms with Gasteiger partial charge in [-0.2, -0.15) is 0 Å². The lowest BCUT2D eigenvalue weighted by atomic mass is 10.3. The summed E-state index contributed by atoms with van der Waals surface area (Å²) in [7, 11) is 2.02. The zero-order valence-corrected chi connectivity index (χ0v) is 10.8. The molecule has 4 nitrogen and oxygen atoms in total. The van der Waals surface area contributed by atoms with Gasteiger partial charge in [0.25, 0.3) is 0 Å². The molecule has 2 N–H and O–H groups in total. The minimum Gasteiger partial charge on any atom is -0.347 e. The summed E-state index contributed by atoms with van der Waals surface area (Å²) in [5, 5.41) is 0.987. The van der Waals surface area contributed by atoms with Gasteiger partial charge < -0.3 is 10.6 Å². The summed E-state index contributed by atoms with van der Waals surface area (Å²) < 4.78 is 0. The van der Waals surface area contributed by atoms with E-state index in [2.05, 4.69) is 20.9 Å². The Hall–Kier alpha value is -1.46. The standard InChI is InChI=1S/C12H16N4S/c1-9(13)11-7-15-12(17-11)16(2)8-10-4-3-5-14-6-10/h3-7,9H,8,13H2,1-2H3. The van der Waals surface area contributed by atoms with Crippen molar-refractivity contribution in [2.45, 2.75) is 19.5 Å². The predicted octanol–water partition coefficient (Wildman–Crippen LogP) is 2.19. The van der Waals surface area contributed by atoms with Gasteiger partial charge in [0.2, 0.25) is 0 Å². The van der Waals surface area contributed by atoms with Crippen LogP contribution in [0.3, 0.4) is 0 Å². The summed E-state index contributed by atoms with van der Waals surface area (Å²) in [6.07, 6.45) is 5.50. The van der Waals surface area contributed by atoms with Crippen molar-refractivity contribution in [3.05, 3.63) is 41.2 Å². The van der Waals surface area contributed by atoms with Crippen LogP contribution >= 0.6 is 11.3 Å². The van der Waals surface area contributed by atoms with Gasteiger partial charge in [-0.1, -0.05) is 6.07 Å². The van der Waals surface area contributed by atoms with E-state index in [1.807, 2.05) is 32.4 Å². The molecule has 0 saturated heterocycles. The van der Waals surface area contributed by atoms with E-state index in [1.165, 1.54) is 5.56 Å². The fraction of sp³-hybridized carbons (Fsp3) is 0.333. The second-order valence-electron chi connectivity index (χ2n) is 4.05. The maximum atomic E-state index is 5.82. The molecule has 0 radical (unpaired) electrons. The Kier molecular flexibility index (Phi) is 3.71. The number of nitrogens with two attached hydrogens (primary N) is 1. The van der Waals surface area contributed by atoms with Crippen LogP contribution in [-0.4, -0.2) is 17.0 Å². The molecular formula is C12H16N4S. The first-order valence-corrected chi connectivity index (χ1v) is 6.30. The molecule has 0 aliphatic heterocycles. The highest BCUT2D eigenvalue weighted by atomic mass is 32.1. The minimum atomic E-state index is 0.0491. The van der Waals surface area contributed by atoms with Gasteiger partial charge in [-0.25, -0.2) is 4.98 Å². The zero-order valence-electron chi connectivity index (χ0n) is 10.00. The second-order valence-corrected chi connectivity index (χ2v) is 5.09. The van der Waals surface area contributed by atoms with Gasteiger partial charge in [0, 0.05) is 43.1 Å². The summed E-state index contributed by atoms with van der Waals surface area (Å²) in [6, 6.07) is 4.05. The third-order valence-corrected chi connectivity index (χ3v) is 3.74. The largest absolute Gasteiger partial charge is 0.347 e. The highest BCUT2D eigenvalue weighted by Crippen LogP contribution is 2.25. The van der Waals surface area contributed by atoms with Gasteiger partial charge in [-0.15, -0.1) is 11.3 Å². The molecule has 1 atom stereocenters. The van der Waals surface area contributed by atoms with Gasteiger partial charge in [-0.3, -0.25) is 4.98 Å². The molecule has 17 heavy (non-hydrogen) atoms. The molecule has 0 aliphatic carbocycles. The summed E-state index contributed by atoms with van der Waals surface area (Å²) in [6.45, 7) is 2.78. The molecule has 2 aromatic rings. The monoisotopic (exact) mass is 248 g/mol. The molecule has 0 saturated carbocycles. The van der Waals surface area contributed by atoms with E-state index in [1.54, 1.807) is 17.5 Å². The molecule has 5 heteroatoms. The average molecular weight is 248 g/mol. The molecule has 0 aromatic carbocycles. The van der Waals surface area contributed by atoms with Crippen molar-refractivity contribution in [3.63, 3.8) is 0 Å². The third kappa shape index (κ3) is 3.01. The predicted molar refractivity (Wildman–Crippen MR) is 71.1 cm³/mol. The van der Waals surface area contributed by atoms with Crippen LogP contribution in [0.2, 0.25) is 0 Å². The van der Waals surface area contributed by atoms with E-state index in [0.717, 1.165) is 16.6 Å². The van der Waals surface area contributed by atoms with Crippen molar-refractivity contribution in [1.82, 2.24) is 9.97 Å². The Labute approximate surface area is 105 Å². The van der Waals surface area contributed by atoms with Crippen LogP contribution in [0.4, 0.5) is 5.13 Å². The van der Waals surface area contributed by atoms with Crippen LogP contribution in [0.5, 0.6) is 0 Å². The van der Waals surface area contributed by atoms with Gasteiger partial charge in [0.05, 0.1) is 0 Å². The SMILES string of the molecule is CC(N)c1cnc(N(C)Cc2cccnc2)s1. The van der Waals surface area contributed by atoms with Crippen LogP contribution < -0.4 is 10.6 Å². The second kappa shape index (κ2) is 5.25. The Morgan fingerprint density at radius 1 is 1.47 bits per heavy atom. The van der Waals surface area contributed by atoms with E-state index in [9.17, 15) is 0 Å². The van der Waals surface area contributed by atoms with Crippen molar-refractivity contribution >= 4 is 16.5 Å². The molecule has 90 valence electrons. The minimum absolute atomic E-state index is 0.0491. The van der Waals surface area contributed by atoms with E-state index in [4.69, 9.17) is 5.73 Å².